The zero-order chi connectivity index (χ0) is 38.3. The maximum atomic E-state index is 12.7. The van der Waals surface area contributed by atoms with Gasteiger partial charge in [-0.15, -0.1) is 0 Å². The minimum Gasteiger partial charge on any atom is -0.462 e. The summed E-state index contributed by atoms with van der Waals surface area (Å²) in [6.45, 7) is 11.2. The number of rotatable bonds is 40. The lowest BCUT2D eigenvalue weighted by molar-refractivity contribution is -0.167. The van der Waals surface area contributed by atoms with Crippen LogP contribution in [0.4, 0.5) is 0 Å². The van der Waals surface area contributed by atoms with Gasteiger partial charge in [-0.3, -0.25) is 14.4 Å². The van der Waals surface area contributed by atoms with E-state index < -0.39 is 6.10 Å². The average Bonchev–Trinajstić information content (AvgIpc) is 3.11. The van der Waals surface area contributed by atoms with Crippen LogP contribution in [0, 0.1) is 11.8 Å². The third-order valence-electron chi connectivity index (χ3n) is 10.2. The SMILES string of the molecule is CCCCCCCCCC(=O)OC[C@@H](COC(=O)CCCCCCCCC(C)C)OC(=O)CCCCCCCCCCCCCCCCCC(C)C. The molecule has 0 heterocycles. The van der Waals surface area contributed by atoms with Crippen LogP contribution in [0.25, 0.3) is 0 Å². The molecule has 0 aliphatic rings. The summed E-state index contributed by atoms with van der Waals surface area (Å²) in [6.07, 6.45) is 36.9. The van der Waals surface area contributed by atoms with Crippen molar-refractivity contribution >= 4 is 17.9 Å². The van der Waals surface area contributed by atoms with Crippen molar-refractivity contribution in [3.05, 3.63) is 0 Å². The van der Waals surface area contributed by atoms with E-state index >= 15 is 0 Å². The smallest absolute Gasteiger partial charge is 0.306 e. The molecule has 0 saturated heterocycles. The van der Waals surface area contributed by atoms with Crippen LogP contribution >= 0.6 is 0 Å². The zero-order valence-electron chi connectivity index (χ0n) is 35.4. The summed E-state index contributed by atoms with van der Waals surface area (Å²) in [5.41, 5.74) is 0. The molecule has 0 fully saturated rings. The van der Waals surface area contributed by atoms with E-state index in [0.717, 1.165) is 69.6 Å². The first-order valence-electron chi connectivity index (χ1n) is 22.7. The van der Waals surface area contributed by atoms with E-state index in [4.69, 9.17) is 14.2 Å². The summed E-state index contributed by atoms with van der Waals surface area (Å²) in [5, 5.41) is 0. The summed E-state index contributed by atoms with van der Waals surface area (Å²) in [6, 6.07) is 0. The van der Waals surface area contributed by atoms with E-state index in [0.29, 0.717) is 19.3 Å². The van der Waals surface area contributed by atoms with Gasteiger partial charge in [-0.25, -0.2) is 0 Å². The Bertz CT molecular complexity index is 794. The number of ether oxygens (including phenoxy) is 3. The molecule has 0 amide bonds. The highest BCUT2D eigenvalue weighted by Crippen LogP contribution is 2.16. The fraction of sp³-hybridized carbons (Fsp3) is 0.935. The molecule has 0 aromatic heterocycles. The number of unbranched alkanes of at least 4 members (excludes halogenated alkanes) is 25. The molecule has 0 aliphatic carbocycles. The van der Waals surface area contributed by atoms with Crippen LogP contribution < -0.4 is 0 Å². The predicted octanol–water partition coefficient (Wildman–Crippen LogP) is 14.2. The Kier molecular flexibility index (Phi) is 37.9. The quantitative estimate of drug-likeness (QED) is 0.0354. The largest absolute Gasteiger partial charge is 0.462 e. The molecule has 0 saturated carbocycles. The molecule has 0 bridgehead atoms. The van der Waals surface area contributed by atoms with E-state index in [2.05, 4.69) is 34.6 Å². The standard InChI is InChI=1S/C46H88O6/c1-6-7-8-9-19-26-31-36-44(47)50-39-43(40-51-45(48)37-32-27-23-22-25-30-35-42(4)5)52-46(49)38-33-28-21-18-16-14-12-10-11-13-15-17-20-24-29-34-41(2)3/h41-43H,6-40H2,1-5H3/t43-/m0/s1. The molecule has 308 valence electrons. The van der Waals surface area contributed by atoms with Crippen molar-refractivity contribution in [2.45, 2.75) is 253 Å². The van der Waals surface area contributed by atoms with Crippen LogP contribution in [-0.4, -0.2) is 37.2 Å². The lowest BCUT2D eigenvalue weighted by Crippen LogP contribution is -2.30. The molecule has 0 rings (SSSR count). The Balaban J connectivity index is 4.20. The third kappa shape index (κ3) is 39.6. The lowest BCUT2D eigenvalue weighted by atomic mass is 10.0. The van der Waals surface area contributed by atoms with Crippen LogP contribution in [-0.2, 0) is 28.6 Å². The molecular formula is C46H88O6. The summed E-state index contributed by atoms with van der Waals surface area (Å²) >= 11 is 0. The van der Waals surface area contributed by atoms with Gasteiger partial charge >= 0.3 is 17.9 Å². The van der Waals surface area contributed by atoms with Gasteiger partial charge in [0.1, 0.15) is 13.2 Å². The molecule has 0 unspecified atom stereocenters. The fourth-order valence-corrected chi connectivity index (χ4v) is 6.75. The molecule has 6 nitrogen and oxygen atoms in total. The lowest BCUT2D eigenvalue weighted by Gasteiger charge is -2.18. The summed E-state index contributed by atoms with van der Waals surface area (Å²) in [7, 11) is 0. The number of carbonyl (C=O) groups excluding carboxylic acids is 3. The summed E-state index contributed by atoms with van der Waals surface area (Å²) in [4.78, 5) is 37.5. The Hall–Kier alpha value is -1.59. The first-order valence-corrected chi connectivity index (χ1v) is 22.7. The molecule has 1 atom stereocenters. The van der Waals surface area contributed by atoms with Crippen LogP contribution in [0.15, 0.2) is 0 Å². The van der Waals surface area contributed by atoms with Crippen molar-refractivity contribution < 1.29 is 28.6 Å². The second-order valence-electron chi connectivity index (χ2n) is 16.6. The van der Waals surface area contributed by atoms with Gasteiger partial charge in [0.2, 0.25) is 0 Å². The first kappa shape index (κ1) is 50.4. The molecule has 0 aliphatic heterocycles. The molecule has 0 spiro atoms. The summed E-state index contributed by atoms with van der Waals surface area (Å²) in [5.74, 6) is 0.743. The normalized spacial score (nSPS) is 12.1. The second kappa shape index (κ2) is 39.1. The molecular weight excluding hydrogens is 649 g/mol. The van der Waals surface area contributed by atoms with Gasteiger partial charge in [0, 0.05) is 19.3 Å². The Morgan fingerprint density at radius 1 is 0.365 bits per heavy atom. The van der Waals surface area contributed by atoms with Gasteiger partial charge in [0.25, 0.3) is 0 Å². The molecule has 0 aromatic rings. The minimum atomic E-state index is -0.759. The van der Waals surface area contributed by atoms with Crippen LogP contribution in [0.5, 0.6) is 0 Å². The van der Waals surface area contributed by atoms with E-state index in [9.17, 15) is 14.4 Å². The van der Waals surface area contributed by atoms with E-state index in [1.54, 1.807) is 0 Å². The van der Waals surface area contributed by atoms with Gasteiger partial charge in [-0.2, -0.15) is 0 Å². The highest BCUT2D eigenvalue weighted by molar-refractivity contribution is 5.71. The molecule has 0 aromatic carbocycles. The number of carbonyl (C=O) groups is 3. The Morgan fingerprint density at radius 3 is 0.942 bits per heavy atom. The predicted molar refractivity (Wildman–Crippen MR) is 220 cm³/mol. The van der Waals surface area contributed by atoms with Crippen LogP contribution in [0.3, 0.4) is 0 Å². The van der Waals surface area contributed by atoms with Crippen molar-refractivity contribution in [3.8, 4) is 0 Å². The first-order chi connectivity index (χ1) is 25.2. The third-order valence-corrected chi connectivity index (χ3v) is 10.2. The molecule has 52 heavy (non-hydrogen) atoms. The Morgan fingerprint density at radius 2 is 0.635 bits per heavy atom. The fourth-order valence-electron chi connectivity index (χ4n) is 6.75. The van der Waals surface area contributed by atoms with Crippen molar-refractivity contribution in [2.75, 3.05) is 13.2 Å². The molecule has 0 radical (unpaired) electrons. The number of hydrogen-bond donors (Lipinski definition) is 0. The van der Waals surface area contributed by atoms with E-state index in [1.165, 1.54) is 135 Å². The van der Waals surface area contributed by atoms with Crippen molar-refractivity contribution in [2.24, 2.45) is 11.8 Å². The zero-order valence-corrected chi connectivity index (χ0v) is 35.4. The molecule has 0 N–H and O–H groups in total. The highest BCUT2D eigenvalue weighted by atomic mass is 16.6. The minimum absolute atomic E-state index is 0.0663. The maximum absolute atomic E-state index is 12.7. The average molecular weight is 737 g/mol. The Labute approximate surface area is 323 Å². The van der Waals surface area contributed by atoms with Crippen LogP contribution in [0.1, 0.15) is 247 Å². The van der Waals surface area contributed by atoms with E-state index in [1.807, 2.05) is 0 Å². The topological polar surface area (TPSA) is 78.9 Å². The van der Waals surface area contributed by atoms with Gasteiger partial charge in [-0.05, 0) is 31.1 Å². The van der Waals surface area contributed by atoms with Crippen LogP contribution in [0.2, 0.25) is 0 Å². The van der Waals surface area contributed by atoms with Crippen molar-refractivity contribution in [1.29, 1.82) is 0 Å². The van der Waals surface area contributed by atoms with Gasteiger partial charge < -0.3 is 14.2 Å². The van der Waals surface area contributed by atoms with Gasteiger partial charge in [0.05, 0.1) is 0 Å². The molecule has 6 heteroatoms. The highest BCUT2D eigenvalue weighted by Gasteiger charge is 2.19. The number of esters is 3. The van der Waals surface area contributed by atoms with Gasteiger partial charge in [-0.1, -0.05) is 208 Å². The van der Waals surface area contributed by atoms with Crippen molar-refractivity contribution in [1.82, 2.24) is 0 Å². The van der Waals surface area contributed by atoms with Crippen molar-refractivity contribution in [3.63, 3.8) is 0 Å². The number of hydrogen-bond acceptors (Lipinski definition) is 6. The second-order valence-corrected chi connectivity index (χ2v) is 16.6. The van der Waals surface area contributed by atoms with E-state index in [-0.39, 0.29) is 31.1 Å². The van der Waals surface area contributed by atoms with Gasteiger partial charge in [0.15, 0.2) is 6.10 Å². The monoisotopic (exact) mass is 737 g/mol. The maximum Gasteiger partial charge on any atom is 0.306 e. The summed E-state index contributed by atoms with van der Waals surface area (Å²) < 4.78 is 16.6.